The maximum atomic E-state index is 12.0. The molecule has 0 fully saturated rings. The van der Waals surface area contributed by atoms with E-state index >= 15 is 0 Å². The van der Waals surface area contributed by atoms with Crippen LogP contribution in [0.25, 0.3) is 0 Å². The number of rotatable bonds is 5. The molecule has 0 bridgehead atoms. The predicted octanol–water partition coefficient (Wildman–Crippen LogP) is 0.469. The topological polar surface area (TPSA) is 61.4 Å². The first-order chi connectivity index (χ1) is 7.88. The number of nitrogens with one attached hydrogen (secondary N) is 2. The molecule has 1 rings (SSSR count). The Kier molecular flexibility index (Phi) is 4.64. The van der Waals surface area contributed by atoms with E-state index in [0.717, 1.165) is 11.1 Å². The molecule has 6 heteroatoms. The second-order valence-corrected chi connectivity index (χ2v) is 5.69. The lowest BCUT2D eigenvalue weighted by Gasteiger charge is -2.15. The summed E-state index contributed by atoms with van der Waals surface area (Å²) in [5, 5.41) is 4.43. The van der Waals surface area contributed by atoms with Crippen LogP contribution in [0.1, 0.15) is 11.1 Å². The Morgan fingerprint density at radius 3 is 2.47 bits per heavy atom. The first kappa shape index (κ1) is 14.1. The van der Waals surface area contributed by atoms with E-state index in [0.29, 0.717) is 11.4 Å². The van der Waals surface area contributed by atoms with Crippen LogP contribution in [0.2, 0.25) is 0 Å². The molecule has 5 nitrogen and oxygen atoms in total. The van der Waals surface area contributed by atoms with Gasteiger partial charge in [0.25, 0.3) is 10.0 Å². The molecule has 0 saturated carbocycles. The molecule has 1 aromatic rings. The molecule has 0 heterocycles. The average Bonchev–Trinajstić information content (AvgIpc) is 2.19. The molecular weight excluding hydrogens is 238 g/mol. The zero-order valence-electron chi connectivity index (χ0n) is 10.6. The minimum absolute atomic E-state index is 0.318. The summed E-state index contributed by atoms with van der Waals surface area (Å²) in [4.78, 5) is 2.75. The Morgan fingerprint density at radius 2 is 1.94 bits per heavy atom. The van der Waals surface area contributed by atoms with Crippen molar-refractivity contribution in [3.05, 3.63) is 29.3 Å². The van der Waals surface area contributed by atoms with Crippen molar-refractivity contribution >= 4 is 10.0 Å². The van der Waals surface area contributed by atoms with Gasteiger partial charge < -0.3 is 5.32 Å². The van der Waals surface area contributed by atoms with E-state index in [1.807, 2.05) is 20.0 Å². The largest absolute Gasteiger partial charge is 0.316 e. The zero-order chi connectivity index (χ0) is 13.1. The van der Waals surface area contributed by atoms with Gasteiger partial charge in [0, 0.05) is 20.6 Å². The van der Waals surface area contributed by atoms with Crippen molar-refractivity contribution in [2.24, 2.45) is 0 Å². The lowest BCUT2D eigenvalue weighted by molar-refractivity contribution is 0.364. The minimum Gasteiger partial charge on any atom is -0.316 e. The van der Waals surface area contributed by atoms with Crippen LogP contribution in [0.3, 0.4) is 0 Å². The molecule has 0 aromatic heterocycles. The van der Waals surface area contributed by atoms with E-state index in [9.17, 15) is 8.42 Å². The Hall–Kier alpha value is -0.950. The van der Waals surface area contributed by atoms with Crippen LogP contribution in [-0.4, -0.2) is 34.6 Å². The van der Waals surface area contributed by atoms with Gasteiger partial charge in [0.15, 0.2) is 0 Å². The summed E-state index contributed by atoms with van der Waals surface area (Å²) in [6.07, 6.45) is 0. The third-order valence-corrected chi connectivity index (χ3v) is 3.98. The molecule has 0 unspecified atom stereocenters. The summed E-state index contributed by atoms with van der Waals surface area (Å²) in [5.41, 5.74) is 1.75. The zero-order valence-corrected chi connectivity index (χ0v) is 11.4. The van der Waals surface area contributed by atoms with Gasteiger partial charge in [-0.05, 0) is 31.2 Å². The highest BCUT2D eigenvalue weighted by Gasteiger charge is 2.18. The normalized spacial score (nSPS) is 12.1. The van der Waals surface area contributed by atoms with Crippen molar-refractivity contribution in [1.29, 1.82) is 0 Å². The third kappa shape index (κ3) is 3.50. The Balaban J connectivity index is 3.19. The highest BCUT2D eigenvalue weighted by Crippen LogP contribution is 2.18. The van der Waals surface area contributed by atoms with Crippen LogP contribution in [0, 0.1) is 6.92 Å². The number of sulfonamides is 1. The molecular formula is C11H19N3O2S. The maximum Gasteiger partial charge on any atom is 0.253 e. The van der Waals surface area contributed by atoms with Gasteiger partial charge in [0.1, 0.15) is 0 Å². The van der Waals surface area contributed by atoms with Crippen LogP contribution in [-0.2, 0) is 16.6 Å². The summed E-state index contributed by atoms with van der Waals surface area (Å²) >= 11 is 0. The molecule has 0 saturated heterocycles. The minimum atomic E-state index is -3.48. The van der Waals surface area contributed by atoms with Crippen LogP contribution in [0.5, 0.6) is 0 Å². The van der Waals surface area contributed by atoms with Gasteiger partial charge in [-0.25, -0.2) is 13.4 Å². The Bertz CT molecular complexity index is 483. The molecule has 0 aliphatic heterocycles. The van der Waals surface area contributed by atoms with Crippen LogP contribution >= 0.6 is 0 Å². The SMILES string of the molecule is CNCc1cccc(S(=O)(=O)NN(C)C)c1C. The monoisotopic (exact) mass is 257 g/mol. The van der Waals surface area contributed by atoms with Crippen molar-refractivity contribution in [2.45, 2.75) is 18.4 Å². The van der Waals surface area contributed by atoms with Crippen molar-refractivity contribution in [3.63, 3.8) is 0 Å². The number of hydrazine groups is 1. The average molecular weight is 257 g/mol. The van der Waals surface area contributed by atoms with E-state index in [4.69, 9.17) is 0 Å². The quantitative estimate of drug-likeness (QED) is 0.753. The van der Waals surface area contributed by atoms with Gasteiger partial charge in [0.05, 0.1) is 4.90 Å². The molecule has 0 spiro atoms. The van der Waals surface area contributed by atoms with E-state index in [2.05, 4.69) is 10.1 Å². The fourth-order valence-electron chi connectivity index (χ4n) is 1.62. The third-order valence-electron chi connectivity index (χ3n) is 2.36. The second-order valence-electron chi connectivity index (χ2n) is 4.06. The molecule has 0 aliphatic carbocycles. The molecule has 0 amide bonds. The summed E-state index contributed by atoms with van der Waals surface area (Å²) in [6, 6.07) is 5.28. The van der Waals surface area contributed by atoms with Crippen molar-refractivity contribution in [1.82, 2.24) is 15.2 Å². The second kappa shape index (κ2) is 5.59. The van der Waals surface area contributed by atoms with E-state index in [-0.39, 0.29) is 0 Å². The first-order valence-corrected chi connectivity index (χ1v) is 6.79. The molecule has 96 valence electrons. The molecule has 17 heavy (non-hydrogen) atoms. The van der Waals surface area contributed by atoms with Crippen LogP contribution in [0.15, 0.2) is 23.1 Å². The van der Waals surface area contributed by atoms with Crippen molar-refractivity contribution in [2.75, 3.05) is 21.1 Å². The van der Waals surface area contributed by atoms with Crippen molar-refractivity contribution < 1.29 is 8.42 Å². The molecule has 0 aliphatic rings. The highest BCUT2D eigenvalue weighted by molar-refractivity contribution is 7.89. The van der Waals surface area contributed by atoms with Gasteiger partial charge in [-0.3, -0.25) is 0 Å². The maximum absolute atomic E-state index is 12.0. The standard InChI is InChI=1S/C11H19N3O2S/c1-9-10(8-12-2)6-5-7-11(9)17(15,16)13-14(3)4/h5-7,12-13H,8H2,1-4H3. The van der Waals surface area contributed by atoms with Crippen molar-refractivity contribution in [3.8, 4) is 0 Å². The molecule has 1 aromatic carbocycles. The highest BCUT2D eigenvalue weighted by atomic mass is 32.2. The van der Waals surface area contributed by atoms with Crippen LogP contribution < -0.4 is 10.1 Å². The van der Waals surface area contributed by atoms with Gasteiger partial charge >= 0.3 is 0 Å². The van der Waals surface area contributed by atoms with Gasteiger partial charge in [0.2, 0.25) is 0 Å². The predicted molar refractivity (Wildman–Crippen MR) is 68.0 cm³/mol. The number of benzene rings is 1. The number of hydrogen-bond acceptors (Lipinski definition) is 4. The number of nitrogens with zero attached hydrogens (tertiary/aromatic N) is 1. The Labute approximate surface area is 103 Å². The van der Waals surface area contributed by atoms with E-state index < -0.39 is 10.0 Å². The molecule has 0 radical (unpaired) electrons. The first-order valence-electron chi connectivity index (χ1n) is 5.31. The fourth-order valence-corrected chi connectivity index (χ4v) is 2.99. The van der Waals surface area contributed by atoms with Crippen LogP contribution in [0.4, 0.5) is 0 Å². The molecule has 2 N–H and O–H groups in total. The van der Waals surface area contributed by atoms with Gasteiger partial charge in [-0.15, -0.1) is 4.83 Å². The number of hydrogen-bond donors (Lipinski definition) is 2. The smallest absolute Gasteiger partial charge is 0.253 e. The summed E-state index contributed by atoms with van der Waals surface area (Å²) in [7, 11) is 1.64. The van der Waals surface area contributed by atoms with Gasteiger partial charge in [-0.2, -0.15) is 0 Å². The van der Waals surface area contributed by atoms with E-state index in [1.54, 1.807) is 26.2 Å². The summed E-state index contributed by atoms with van der Waals surface area (Å²) < 4.78 is 24.1. The lowest BCUT2D eigenvalue weighted by atomic mass is 10.1. The Morgan fingerprint density at radius 1 is 1.29 bits per heavy atom. The lowest BCUT2D eigenvalue weighted by Crippen LogP contribution is -2.36. The molecule has 0 atom stereocenters. The fraction of sp³-hybridized carbons (Fsp3) is 0.455. The van der Waals surface area contributed by atoms with Gasteiger partial charge in [-0.1, -0.05) is 12.1 Å². The summed E-state index contributed by atoms with van der Waals surface area (Å²) in [6.45, 7) is 2.47. The summed E-state index contributed by atoms with van der Waals surface area (Å²) in [5.74, 6) is 0. The van der Waals surface area contributed by atoms with E-state index in [1.165, 1.54) is 5.01 Å².